The van der Waals surface area contributed by atoms with Crippen LogP contribution in [0, 0.1) is 5.92 Å². The smallest absolute Gasteiger partial charge is 0.278 e. The molecule has 0 saturated heterocycles. The second-order valence-corrected chi connectivity index (χ2v) is 12.1. The summed E-state index contributed by atoms with van der Waals surface area (Å²) in [5, 5.41) is 5.40. The van der Waals surface area contributed by atoms with Gasteiger partial charge >= 0.3 is 0 Å². The summed E-state index contributed by atoms with van der Waals surface area (Å²) in [6.45, 7) is 16.3. The average molecular weight is 451 g/mol. The van der Waals surface area contributed by atoms with Gasteiger partial charge in [-0.05, 0) is 65.1 Å². The number of hydrogen-bond acceptors (Lipinski definition) is 1. The molecule has 34 heavy (non-hydrogen) atoms. The van der Waals surface area contributed by atoms with E-state index in [-0.39, 0.29) is 10.8 Å². The minimum Gasteiger partial charge on any atom is -0.321 e. The van der Waals surface area contributed by atoms with Gasteiger partial charge in [0.1, 0.15) is 0 Å². The van der Waals surface area contributed by atoms with Crippen molar-refractivity contribution in [2.75, 3.05) is 7.11 Å². The molecule has 0 saturated carbocycles. The molecule has 0 amide bonds. The van der Waals surface area contributed by atoms with Crippen LogP contribution in [0.4, 0.5) is 0 Å². The van der Waals surface area contributed by atoms with Gasteiger partial charge in [-0.1, -0.05) is 70.2 Å². The third kappa shape index (κ3) is 2.48. The highest BCUT2D eigenvalue weighted by Crippen LogP contribution is 2.56. The molecule has 2 nitrogen and oxygen atoms in total. The molecule has 2 heteroatoms. The zero-order valence-electron chi connectivity index (χ0n) is 21.8. The van der Waals surface area contributed by atoms with E-state index in [0.29, 0.717) is 5.92 Å². The van der Waals surface area contributed by atoms with Crippen molar-refractivity contribution in [1.29, 1.82) is 0 Å². The number of methoxy groups -OCH3 is 1. The predicted octanol–water partition coefficient (Wildman–Crippen LogP) is 7.40. The van der Waals surface area contributed by atoms with Gasteiger partial charge in [0.05, 0.1) is 11.0 Å². The molecule has 1 aromatic heterocycles. The molecule has 1 aliphatic heterocycles. The predicted molar refractivity (Wildman–Crippen MR) is 141 cm³/mol. The van der Waals surface area contributed by atoms with Crippen molar-refractivity contribution < 1.29 is 9.30 Å². The first kappa shape index (κ1) is 21.8. The maximum atomic E-state index is 6.42. The molecule has 174 valence electrons. The second-order valence-electron chi connectivity index (χ2n) is 12.1. The summed E-state index contributed by atoms with van der Waals surface area (Å²) in [7, 11) is 1.86. The van der Waals surface area contributed by atoms with Crippen molar-refractivity contribution in [2.45, 2.75) is 71.4 Å². The zero-order valence-corrected chi connectivity index (χ0v) is 21.8. The maximum Gasteiger partial charge on any atom is 0.278 e. The molecule has 6 rings (SSSR count). The van der Waals surface area contributed by atoms with E-state index in [1.165, 1.54) is 55.1 Å². The number of nitrogens with zero attached hydrogens (tertiary/aromatic N) is 1. The van der Waals surface area contributed by atoms with Crippen LogP contribution in [0.1, 0.15) is 70.7 Å². The Morgan fingerprint density at radius 3 is 2.32 bits per heavy atom. The SMILES string of the molecule is CO[C@@]1(C)[n+]2cc3ccc(CC(C)C)cc3c3c2-c2c(ccc4cccc(c24)C3(C)C)C1(C)C. The highest BCUT2D eigenvalue weighted by Gasteiger charge is 2.59. The van der Waals surface area contributed by atoms with Gasteiger partial charge in [-0.25, -0.2) is 0 Å². The van der Waals surface area contributed by atoms with E-state index in [9.17, 15) is 0 Å². The highest BCUT2D eigenvalue weighted by molar-refractivity contribution is 6.06. The number of ether oxygens (including phenoxy) is 1. The first-order valence-corrected chi connectivity index (χ1v) is 12.7. The van der Waals surface area contributed by atoms with Crippen LogP contribution in [0.15, 0.2) is 54.7 Å². The standard InChI is InChI=1S/C32H36NO/c1-19(2)16-20-12-13-22-18-33-29-27-25(31(5,6)32(33,7)34-8)15-14-21-10-9-11-24(26(21)27)30(3,4)28(29)23(22)17-20/h9-15,17-19H,16H2,1-8H3/q+1/t32-/m1/s1. The van der Waals surface area contributed by atoms with E-state index in [0.717, 1.165) is 6.42 Å². The van der Waals surface area contributed by atoms with Crippen molar-refractivity contribution in [3.63, 3.8) is 0 Å². The van der Waals surface area contributed by atoms with E-state index in [1.807, 2.05) is 7.11 Å². The molecule has 1 aliphatic carbocycles. The minimum absolute atomic E-state index is 0.131. The van der Waals surface area contributed by atoms with Gasteiger partial charge in [0.15, 0.2) is 6.20 Å². The summed E-state index contributed by atoms with van der Waals surface area (Å²) in [6, 6.07) is 18.6. The van der Waals surface area contributed by atoms with Crippen molar-refractivity contribution >= 4 is 21.5 Å². The fraction of sp³-hybridized carbons (Fsp3) is 0.406. The molecule has 4 aromatic rings. The van der Waals surface area contributed by atoms with E-state index in [2.05, 4.69) is 108 Å². The Balaban J connectivity index is 1.88. The van der Waals surface area contributed by atoms with E-state index >= 15 is 0 Å². The summed E-state index contributed by atoms with van der Waals surface area (Å²) in [5.41, 5.74) is 7.55. The zero-order chi connectivity index (χ0) is 24.2. The number of fused-ring (bicyclic) bond motifs is 2. The summed E-state index contributed by atoms with van der Waals surface area (Å²) in [6.07, 6.45) is 3.45. The first-order chi connectivity index (χ1) is 16.0. The molecule has 0 unspecified atom stereocenters. The maximum absolute atomic E-state index is 6.42. The summed E-state index contributed by atoms with van der Waals surface area (Å²) in [4.78, 5) is 0. The topological polar surface area (TPSA) is 13.1 Å². The number of aromatic nitrogens is 1. The fourth-order valence-corrected chi connectivity index (χ4v) is 6.90. The largest absolute Gasteiger partial charge is 0.321 e. The van der Waals surface area contributed by atoms with Gasteiger partial charge in [-0.3, -0.25) is 0 Å². The van der Waals surface area contributed by atoms with Gasteiger partial charge in [0, 0.05) is 30.4 Å². The molecule has 2 aliphatic rings. The van der Waals surface area contributed by atoms with Crippen LogP contribution in [-0.2, 0) is 27.7 Å². The molecule has 1 atom stereocenters. The number of rotatable bonds is 3. The van der Waals surface area contributed by atoms with Crippen LogP contribution in [0.3, 0.4) is 0 Å². The molecule has 3 aromatic carbocycles. The van der Waals surface area contributed by atoms with Crippen LogP contribution < -0.4 is 4.57 Å². The Bertz CT molecular complexity index is 1510. The molecule has 0 fully saturated rings. The average Bonchev–Trinajstić information content (AvgIpc) is 2.79. The van der Waals surface area contributed by atoms with Crippen LogP contribution in [-0.4, -0.2) is 7.11 Å². The van der Waals surface area contributed by atoms with Crippen molar-refractivity contribution in [2.24, 2.45) is 5.92 Å². The van der Waals surface area contributed by atoms with Gasteiger partial charge in [0.2, 0.25) is 5.69 Å². The van der Waals surface area contributed by atoms with Gasteiger partial charge in [0.25, 0.3) is 5.72 Å². The minimum atomic E-state index is -0.509. The lowest BCUT2D eigenvalue weighted by molar-refractivity contribution is -0.807. The Morgan fingerprint density at radius 2 is 1.62 bits per heavy atom. The van der Waals surface area contributed by atoms with Crippen molar-refractivity contribution in [1.82, 2.24) is 0 Å². The van der Waals surface area contributed by atoms with Crippen LogP contribution >= 0.6 is 0 Å². The molecule has 0 bridgehead atoms. The number of benzene rings is 3. The first-order valence-electron chi connectivity index (χ1n) is 12.7. The summed E-state index contributed by atoms with van der Waals surface area (Å²) < 4.78 is 8.89. The van der Waals surface area contributed by atoms with Gasteiger partial charge < -0.3 is 4.74 Å². The normalized spacial score (nSPS) is 21.4. The van der Waals surface area contributed by atoms with Crippen molar-refractivity contribution in [3.05, 3.63) is 77.0 Å². The van der Waals surface area contributed by atoms with Crippen LogP contribution in [0.5, 0.6) is 0 Å². The molecule has 0 radical (unpaired) electrons. The van der Waals surface area contributed by atoms with E-state index in [1.54, 1.807) is 0 Å². The van der Waals surface area contributed by atoms with Gasteiger partial charge in [-0.15, -0.1) is 0 Å². The second kappa shape index (κ2) is 6.70. The molecule has 2 heterocycles. The monoisotopic (exact) mass is 450 g/mol. The molecular weight excluding hydrogens is 414 g/mol. The fourth-order valence-electron chi connectivity index (χ4n) is 6.90. The molecule has 0 spiro atoms. The lowest BCUT2D eigenvalue weighted by Crippen LogP contribution is -2.68. The summed E-state index contributed by atoms with van der Waals surface area (Å²) in [5.74, 6) is 0.632. The van der Waals surface area contributed by atoms with Crippen LogP contribution in [0.2, 0.25) is 0 Å². The van der Waals surface area contributed by atoms with Gasteiger partial charge in [-0.2, -0.15) is 4.57 Å². The summed E-state index contributed by atoms with van der Waals surface area (Å²) >= 11 is 0. The lowest BCUT2D eigenvalue weighted by Gasteiger charge is -2.46. The van der Waals surface area contributed by atoms with Crippen molar-refractivity contribution in [3.8, 4) is 11.3 Å². The quantitative estimate of drug-likeness (QED) is 0.296. The third-order valence-corrected chi connectivity index (χ3v) is 9.05. The number of hydrogen-bond donors (Lipinski definition) is 0. The Hall–Kier alpha value is -2.71. The molecule has 0 N–H and O–H groups in total. The lowest BCUT2D eigenvalue weighted by atomic mass is 9.62. The molecular formula is C32H36NO+. The third-order valence-electron chi connectivity index (χ3n) is 9.05. The van der Waals surface area contributed by atoms with Crippen LogP contribution in [0.25, 0.3) is 32.8 Å². The highest BCUT2D eigenvalue weighted by atomic mass is 16.5. The van der Waals surface area contributed by atoms with E-state index in [4.69, 9.17) is 4.74 Å². The Labute approximate surface area is 203 Å². The number of pyridine rings is 1. The Kier molecular flexibility index (Phi) is 4.29. The Morgan fingerprint density at radius 1 is 0.882 bits per heavy atom. The van der Waals surface area contributed by atoms with E-state index < -0.39 is 5.72 Å².